The van der Waals surface area contributed by atoms with E-state index in [0.717, 1.165) is 15.4 Å². The predicted molar refractivity (Wildman–Crippen MR) is 110 cm³/mol. The van der Waals surface area contributed by atoms with Gasteiger partial charge in [-0.2, -0.15) is 0 Å². The Kier molecular flexibility index (Phi) is 4.46. The van der Waals surface area contributed by atoms with Gasteiger partial charge < -0.3 is 9.31 Å². The zero-order valence-electron chi connectivity index (χ0n) is 17.2. The van der Waals surface area contributed by atoms with Gasteiger partial charge in [-0.05, 0) is 57.8 Å². The molecule has 2 aliphatic heterocycles. The standard InChI is InChI=1S/C21H24BNO5S/c1-14-6-8-15(9-7-14)13-23-19(24)17-11-10-16(12-18(17)29(23,25)26)22-27-20(2,3)21(4,5)28-22/h6-12H,13H2,1-5H3. The van der Waals surface area contributed by atoms with E-state index in [0.29, 0.717) is 5.46 Å². The van der Waals surface area contributed by atoms with Crippen LogP contribution in [-0.2, 0) is 25.9 Å². The van der Waals surface area contributed by atoms with Crippen LogP contribution in [0, 0.1) is 6.92 Å². The minimum Gasteiger partial charge on any atom is -0.399 e. The van der Waals surface area contributed by atoms with Gasteiger partial charge in [-0.3, -0.25) is 4.79 Å². The minimum absolute atomic E-state index is 0.00169. The van der Waals surface area contributed by atoms with Gasteiger partial charge in [0.25, 0.3) is 15.9 Å². The van der Waals surface area contributed by atoms with Crippen LogP contribution in [0.4, 0.5) is 0 Å². The molecule has 2 aromatic carbocycles. The second kappa shape index (κ2) is 6.42. The zero-order chi connectivity index (χ0) is 21.2. The van der Waals surface area contributed by atoms with Gasteiger partial charge in [-0.15, -0.1) is 0 Å². The third kappa shape index (κ3) is 3.19. The molecule has 152 valence electrons. The van der Waals surface area contributed by atoms with E-state index in [1.165, 1.54) is 6.07 Å². The number of carbonyl (C=O) groups excluding carboxylic acids is 1. The third-order valence-corrected chi connectivity index (χ3v) is 7.77. The maximum atomic E-state index is 13.1. The van der Waals surface area contributed by atoms with Gasteiger partial charge in [0.05, 0.1) is 23.3 Å². The van der Waals surface area contributed by atoms with Crippen LogP contribution in [0.1, 0.15) is 49.2 Å². The van der Waals surface area contributed by atoms with Gasteiger partial charge >= 0.3 is 7.12 Å². The lowest BCUT2D eigenvalue weighted by Crippen LogP contribution is -2.41. The maximum absolute atomic E-state index is 13.1. The average molecular weight is 413 g/mol. The van der Waals surface area contributed by atoms with Crippen LogP contribution < -0.4 is 5.46 Å². The Labute approximate surface area is 172 Å². The van der Waals surface area contributed by atoms with Crippen molar-refractivity contribution in [2.75, 3.05) is 0 Å². The Morgan fingerprint density at radius 2 is 1.55 bits per heavy atom. The van der Waals surface area contributed by atoms with Crippen molar-refractivity contribution in [1.82, 2.24) is 4.31 Å². The van der Waals surface area contributed by atoms with Gasteiger partial charge in [0.2, 0.25) is 0 Å². The zero-order valence-corrected chi connectivity index (χ0v) is 18.0. The fourth-order valence-corrected chi connectivity index (χ4v) is 5.02. The first-order chi connectivity index (χ1) is 13.4. The highest BCUT2D eigenvalue weighted by Crippen LogP contribution is 2.37. The number of hydrogen-bond donors (Lipinski definition) is 0. The van der Waals surface area contributed by atoms with E-state index in [2.05, 4.69) is 0 Å². The smallest absolute Gasteiger partial charge is 0.399 e. The van der Waals surface area contributed by atoms with Gasteiger partial charge in [-0.1, -0.05) is 35.9 Å². The summed E-state index contributed by atoms with van der Waals surface area (Å²) in [7, 11) is -4.63. The molecule has 4 rings (SSSR count). The first-order valence-corrected chi connectivity index (χ1v) is 11.0. The molecular formula is C21H24BNO5S. The minimum atomic E-state index is -3.94. The molecule has 1 fully saturated rings. The van der Waals surface area contributed by atoms with E-state index in [1.807, 2.05) is 58.9 Å². The van der Waals surface area contributed by atoms with Crippen molar-refractivity contribution in [3.8, 4) is 0 Å². The summed E-state index contributed by atoms with van der Waals surface area (Å²) < 4.78 is 39.2. The molecule has 8 heteroatoms. The average Bonchev–Trinajstić information content (AvgIpc) is 2.97. The fraction of sp³-hybridized carbons (Fsp3) is 0.381. The van der Waals surface area contributed by atoms with Crippen LogP contribution in [0.25, 0.3) is 0 Å². The van der Waals surface area contributed by atoms with Crippen LogP contribution in [0.3, 0.4) is 0 Å². The van der Waals surface area contributed by atoms with E-state index >= 15 is 0 Å². The summed E-state index contributed by atoms with van der Waals surface area (Å²) in [5.74, 6) is -0.513. The highest BCUT2D eigenvalue weighted by Gasteiger charge is 2.52. The molecule has 0 spiro atoms. The van der Waals surface area contributed by atoms with Gasteiger partial charge in [0.15, 0.2) is 0 Å². The molecule has 0 aliphatic carbocycles. The van der Waals surface area contributed by atoms with Gasteiger partial charge in [0, 0.05) is 0 Å². The Morgan fingerprint density at radius 3 is 2.14 bits per heavy atom. The summed E-state index contributed by atoms with van der Waals surface area (Å²) in [6.07, 6.45) is 0. The highest BCUT2D eigenvalue weighted by atomic mass is 32.2. The van der Waals surface area contributed by atoms with Crippen molar-refractivity contribution < 1.29 is 22.5 Å². The van der Waals surface area contributed by atoms with Crippen LogP contribution in [0.5, 0.6) is 0 Å². The van der Waals surface area contributed by atoms with E-state index < -0.39 is 34.3 Å². The molecule has 0 atom stereocenters. The summed E-state index contributed by atoms with van der Waals surface area (Å²) in [5, 5.41) is 0. The molecule has 29 heavy (non-hydrogen) atoms. The van der Waals surface area contributed by atoms with Crippen molar-refractivity contribution in [3.63, 3.8) is 0 Å². The number of fused-ring (bicyclic) bond motifs is 1. The van der Waals surface area contributed by atoms with Crippen molar-refractivity contribution >= 4 is 28.5 Å². The predicted octanol–water partition coefficient (Wildman–Crippen LogP) is 2.64. The lowest BCUT2D eigenvalue weighted by Gasteiger charge is -2.32. The summed E-state index contributed by atoms with van der Waals surface area (Å²) in [4.78, 5) is 12.8. The molecule has 0 N–H and O–H groups in total. The molecule has 0 saturated carbocycles. The normalized spacial score (nSPS) is 21.5. The first kappa shape index (κ1) is 20.1. The van der Waals surface area contributed by atoms with Crippen LogP contribution in [-0.4, -0.2) is 37.0 Å². The number of nitrogens with zero attached hydrogens (tertiary/aromatic N) is 1. The van der Waals surface area contributed by atoms with Crippen molar-refractivity contribution in [1.29, 1.82) is 0 Å². The number of carbonyl (C=O) groups is 1. The number of aryl methyl sites for hydroxylation is 1. The van der Waals surface area contributed by atoms with E-state index in [9.17, 15) is 13.2 Å². The molecule has 2 heterocycles. The van der Waals surface area contributed by atoms with Crippen molar-refractivity contribution in [2.24, 2.45) is 0 Å². The van der Waals surface area contributed by atoms with Gasteiger partial charge in [-0.25, -0.2) is 12.7 Å². The van der Waals surface area contributed by atoms with E-state index in [4.69, 9.17) is 9.31 Å². The SMILES string of the molecule is Cc1ccc(CN2C(=O)c3ccc(B4OC(C)(C)C(C)(C)O4)cc3S2(=O)=O)cc1. The molecule has 6 nitrogen and oxygen atoms in total. The number of sulfonamides is 1. The third-order valence-electron chi connectivity index (χ3n) is 6.00. The Bertz CT molecular complexity index is 1080. The summed E-state index contributed by atoms with van der Waals surface area (Å²) in [5.41, 5.74) is 1.51. The molecule has 0 aromatic heterocycles. The monoisotopic (exact) mass is 413 g/mol. The topological polar surface area (TPSA) is 72.9 Å². The van der Waals surface area contributed by atoms with Crippen molar-refractivity contribution in [3.05, 3.63) is 59.2 Å². The van der Waals surface area contributed by atoms with E-state index in [1.54, 1.807) is 12.1 Å². The molecule has 2 aliphatic rings. The number of hydrogen-bond acceptors (Lipinski definition) is 5. The Morgan fingerprint density at radius 1 is 0.966 bits per heavy atom. The Balaban J connectivity index is 1.67. The fourth-order valence-electron chi connectivity index (χ4n) is 3.43. The maximum Gasteiger partial charge on any atom is 0.494 e. The second-order valence-electron chi connectivity index (χ2n) is 8.65. The van der Waals surface area contributed by atoms with E-state index in [-0.39, 0.29) is 17.0 Å². The summed E-state index contributed by atoms with van der Waals surface area (Å²) in [6.45, 7) is 9.69. The number of benzene rings is 2. The summed E-state index contributed by atoms with van der Waals surface area (Å²) in [6, 6.07) is 12.2. The molecule has 0 unspecified atom stereocenters. The lowest BCUT2D eigenvalue weighted by molar-refractivity contribution is 0.00578. The number of rotatable bonds is 3. The highest BCUT2D eigenvalue weighted by molar-refractivity contribution is 7.90. The van der Waals surface area contributed by atoms with Gasteiger partial charge in [0.1, 0.15) is 4.90 Å². The quantitative estimate of drug-likeness (QED) is 0.724. The summed E-state index contributed by atoms with van der Waals surface area (Å²) >= 11 is 0. The largest absolute Gasteiger partial charge is 0.494 e. The van der Waals surface area contributed by atoms with Crippen LogP contribution in [0.2, 0.25) is 0 Å². The molecule has 2 aromatic rings. The van der Waals surface area contributed by atoms with Crippen molar-refractivity contribution in [2.45, 2.75) is 57.3 Å². The lowest BCUT2D eigenvalue weighted by atomic mass is 9.79. The van der Waals surface area contributed by atoms with Crippen LogP contribution >= 0.6 is 0 Å². The van der Waals surface area contributed by atoms with Crippen LogP contribution in [0.15, 0.2) is 47.4 Å². The number of amides is 1. The molecule has 0 bridgehead atoms. The molecule has 0 radical (unpaired) electrons. The first-order valence-electron chi connectivity index (χ1n) is 9.55. The molecular weight excluding hydrogens is 389 g/mol. The Hall–Kier alpha value is -2.16. The molecule has 1 saturated heterocycles. The second-order valence-corrected chi connectivity index (χ2v) is 10.5. The molecule has 1 amide bonds.